The average Bonchev–Trinajstić information content (AvgIpc) is 2.94. The second kappa shape index (κ2) is 6.81. The SMILES string of the molecule is Cc1cc(C)c(C)c(OCCC(=O)N2CC[C@@H](C(=O)O)C2)c1. The molecule has 1 amide bonds. The molecule has 0 aliphatic carbocycles. The number of ether oxygens (including phenoxy) is 1. The van der Waals surface area contributed by atoms with Gasteiger partial charge in [-0.2, -0.15) is 0 Å². The standard InChI is InChI=1S/C17H23NO4/c1-11-8-12(2)13(3)15(9-11)22-7-5-16(19)18-6-4-14(10-18)17(20)21/h8-9,14H,4-7,10H2,1-3H3,(H,20,21)/t14-/m1/s1. The molecule has 1 aliphatic rings. The van der Waals surface area contributed by atoms with Crippen molar-refractivity contribution in [1.29, 1.82) is 0 Å². The van der Waals surface area contributed by atoms with Gasteiger partial charge >= 0.3 is 5.97 Å². The van der Waals surface area contributed by atoms with E-state index in [-0.39, 0.29) is 12.3 Å². The van der Waals surface area contributed by atoms with Crippen molar-refractivity contribution in [2.45, 2.75) is 33.6 Å². The van der Waals surface area contributed by atoms with Crippen LogP contribution in [0.15, 0.2) is 12.1 Å². The van der Waals surface area contributed by atoms with Gasteiger partial charge in [0.25, 0.3) is 0 Å². The van der Waals surface area contributed by atoms with Crippen LogP contribution < -0.4 is 4.74 Å². The topological polar surface area (TPSA) is 66.8 Å². The van der Waals surface area contributed by atoms with Crippen molar-refractivity contribution in [2.75, 3.05) is 19.7 Å². The van der Waals surface area contributed by atoms with Gasteiger partial charge in [-0.15, -0.1) is 0 Å². The number of benzene rings is 1. The number of rotatable bonds is 5. The maximum absolute atomic E-state index is 12.1. The summed E-state index contributed by atoms with van der Waals surface area (Å²) in [7, 11) is 0. The summed E-state index contributed by atoms with van der Waals surface area (Å²) in [5.74, 6) is -0.468. The van der Waals surface area contributed by atoms with Gasteiger partial charge in [-0.05, 0) is 49.9 Å². The molecule has 120 valence electrons. The van der Waals surface area contributed by atoms with Crippen LogP contribution in [-0.4, -0.2) is 41.6 Å². The number of nitrogens with zero attached hydrogens (tertiary/aromatic N) is 1. The third-order valence-electron chi connectivity index (χ3n) is 4.23. The fraction of sp³-hybridized carbons (Fsp3) is 0.529. The third kappa shape index (κ3) is 3.78. The molecule has 1 aliphatic heterocycles. The molecule has 0 saturated carbocycles. The highest BCUT2D eigenvalue weighted by Gasteiger charge is 2.30. The van der Waals surface area contributed by atoms with Crippen molar-refractivity contribution in [3.05, 3.63) is 28.8 Å². The lowest BCUT2D eigenvalue weighted by molar-refractivity contribution is -0.141. The van der Waals surface area contributed by atoms with Crippen LogP contribution in [0.1, 0.15) is 29.5 Å². The van der Waals surface area contributed by atoms with E-state index in [1.165, 1.54) is 5.56 Å². The number of hydrogen-bond acceptors (Lipinski definition) is 3. The van der Waals surface area contributed by atoms with E-state index in [2.05, 4.69) is 6.07 Å². The molecule has 5 heteroatoms. The van der Waals surface area contributed by atoms with E-state index in [0.717, 1.165) is 16.9 Å². The lowest BCUT2D eigenvalue weighted by Gasteiger charge is -2.17. The van der Waals surface area contributed by atoms with Crippen molar-refractivity contribution in [1.82, 2.24) is 4.90 Å². The molecule has 0 spiro atoms. The summed E-state index contributed by atoms with van der Waals surface area (Å²) in [4.78, 5) is 24.6. The zero-order valence-corrected chi connectivity index (χ0v) is 13.4. The van der Waals surface area contributed by atoms with Gasteiger partial charge < -0.3 is 14.7 Å². The molecule has 1 fully saturated rings. The van der Waals surface area contributed by atoms with Gasteiger partial charge in [0.2, 0.25) is 5.91 Å². The Kier molecular flexibility index (Phi) is 5.06. The van der Waals surface area contributed by atoms with Gasteiger partial charge in [-0.25, -0.2) is 0 Å². The van der Waals surface area contributed by atoms with Crippen molar-refractivity contribution >= 4 is 11.9 Å². The van der Waals surface area contributed by atoms with Crippen molar-refractivity contribution in [3.8, 4) is 5.75 Å². The molecule has 1 N–H and O–H groups in total. The summed E-state index contributed by atoms with van der Waals surface area (Å²) in [6.45, 7) is 7.22. The number of carbonyl (C=O) groups excluding carboxylic acids is 1. The number of carbonyl (C=O) groups is 2. The smallest absolute Gasteiger partial charge is 0.308 e. The molecule has 5 nitrogen and oxygen atoms in total. The van der Waals surface area contributed by atoms with E-state index >= 15 is 0 Å². The predicted octanol–water partition coefficient (Wildman–Crippen LogP) is 2.31. The zero-order chi connectivity index (χ0) is 16.3. The summed E-state index contributed by atoms with van der Waals surface area (Å²) in [5, 5.41) is 8.96. The van der Waals surface area contributed by atoms with Gasteiger partial charge in [-0.3, -0.25) is 9.59 Å². The van der Waals surface area contributed by atoms with Crippen LogP contribution in [0.4, 0.5) is 0 Å². The second-order valence-electron chi connectivity index (χ2n) is 5.97. The molecular formula is C17H23NO4. The van der Waals surface area contributed by atoms with Crippen molar-refractivity contribution in [2.24, 2.45) is 5.92 Å². The largest absolute Gasteiger partial charge is 0.493 e. The molecule has 1 aromatic rings. The summed E-state index contributed by atoms with van der Waals surface area (Å²) in [6, 6.07) is 4.08. The molecule has 1 atom stereocenters. The number of carboxylic acid groups (broad SMARTS) is 1. The Morgan fingerprint density at radius 3 is 2.68 bits per heavy atom. The zero-order valence-electron chi connectivity index (χ0n) is 13.4. The van der Waals surface area contributed by atoms with Crippen LogP contribution in [0.25, 0.3) is 0 Å². The lowest BCUT2D eigenvalue weighted by atomic mass is 10.1. The van der Waals surface area contributed by atoms with Gasteiger partial charge in [0, 0.05) is 13.1 Å². The number of carboxylic acids is 1. The van der Waals surface area contributed by atoms with Crippen LogP contribution in [0, 0.1) is 26.7 Å². The summed E-state index contributed by atoms with van der Waals surface area (Å²) in [6.07, 6.45) is 0.816. The molecule has 0 radical (unpaired) electrons. The first kappa shape index (κ1) is 16.3. The first-order valence-corrected chi connectivity index (χ1v) is 7.59. The normalized spacial score (nSPS) is 17.6. The molecule has 1 heterocycles. The van der Waals surface area contributed by atoms with E-state index in [9.17, 15) is 9.59 Å². The van der Waals surface area contributed by atoms with E-state index in [1.54, 1.807) is 4.90 Å². The van der Waals surface area contributed by atoms with Crippen LogP contribution in [0.3, 0.4) is 0 Å². The first-order valence-electron chi connectivity index (χ1n) is 7.59. The second-order valence-corrected chi connectivity index (χ2v) is 5.97. The minimum Gasteiger partial charge on any atom is -0.493 e. The van der Waals surface area contributed by atoms with E-state index < -0.39 is 11.9 Å². The van der Waals surface area contributed by atoms with Gasteiger partial charge in [0.05, 0.1) is 18.9 Å². The predicted molar refractivity (Wildman–Crippen MR) is 83.1 cm³/mol. The minimum atomic E-state index is -0.822. The Morgan fingerprint density at radius 2 is 2.05 bits per heavy atom. The van der Waals surface area contributed by atoms with E-state index in [1.807, 2.05) is 26.8 Å². The summed E-state index contributed by atoms with van der Waals surface area (Å²) >= 11 is 0. The van der Waals surface area contributed by atoms with Crippen molar-refractivity contribution in [3.63, 3.8) is 0 Å². The monoisotopic (exact) mass is 305 g/mol. The highest BCUT2D eigenvalue weighted by molar-refractivity contribution is 5.78. The molecule has 0 unspecified atom stereocenters. The van der Waals surface area contributed by atoms with Crippen LogP contribution in [0.2, 0.25) is 0 Å². The summed E-state index contributed by atoms with van der Waals surface area (Å²) < 4.78 is 5.74. The van der Waals surface area contributed by atoms with Gasteiger partial charge in [0.1, 0.15) is 5.75 Å². The number of likely N-dealkylation sites (tertiary alicyclic amines) is 1. The fourth-order valence-electron chi connectivity index (χ4n) is 2.75. The minimum absolute atomic E-state index is 0.0363. The molecule has 22 heavy (non-hydrogen) atoms. The quantitative estimate of drug-likeness (QED) is 0.906. The highest BCUT2D eigenvalue weighted by atomic mass is 16.5. The number of hydrogen-bond donors (Lipinski definition) is 1. The Balaban J connectivity index is 1.84. The van der Waals surface area contributed by atoms with E-state index in [4.69, 9.17) is 9.84 Å². The average molecular weight is 305 g/mol. The van der Waals surface area contributed by atoms with Gasteiger partial charge in [-0.1, -0.05) is 6.07 Å². The Bertz CT molecular complexity index is 582. The maximum Gasteiger partial charge on any atom is 0.308 e. The molecule has 0 aromatic heterocycles. The van der Waals surface area contributed by atoms with Crippen LogP contribution in [-0.2, 0) is 9.59 Å². The number of amides is 1. The molecule has 0 bridgehead atoms. The summed E-state index contributed by atoms with van der Waals surface area (Å²) in [5.41, 5.74) is 3.39. The first-order chi connectivity index (χ1) is 10.4. The van der Waals surface area contributed by atoms with Gasteiger partial charge in [0.15, 0.2) is 0 Å². The lowest BCUT2D eigenvalue weighted by Crippen LogP contribution is -2.30. The Morgan fingerprint density at radius 1 is 1.32 bits per heavy atom. The number of aliphatic carboxylic acids is 1. The third-order valence-corrected chi connectivity index (χ3v) is 4.23. The van der Waals surface area contributed by atoms with E-state index in [0.29, 0.717) is 26.1 Å². The number of aryl methyl sites for hydroxylation is 2. The van der Waals surface area contributed by atoms with Crippen molar-refractivity contribution < 1.29 is 19.4 Å². The molecule has 1 saturated heterocycles. The Hall–Kier alpha value is -2.04. The Labute approximate surface area is 130 Å². The van der Waals surface area contributed by atoms with Crippen LogP contribution in [0.5, 0.6) is 5.75 Å². The molecular weight excluding hydrogens is 282 g/mol. The van der Waals surface area contributed by atoms with Crippen LogP contribution >= 0.6 is 0 Å². The highest BCUT2D eigenvalue weighted by Crippen LogP contribution is 2.23. The molecule has 1 aromatic carbocycles. The molecule has 2 rings (SSSR count). The fourth-order valence-corrected chi connectivity index (χ4v) is 2.75. The maximum atomic E-state index is 12.1.